The van der Waals surface area contributed by atoms with E-state index in [1.165, 1.54) is 0 Å². The topological polar surface area (TPSA) is 40.5 Å². The van der Waals surface area contributed by atoms with E-state index < -0.39 is 5.97 Å². The largest absolute Gasteiger partial charge is 0.478 e. The molecule has 3 nitrogen and oxygen atoms in total. The van der Waals surface area contributed by atoms with Crippen molar-refractivity contribution < 1.29 is 9.90 Å². The highest BCUT2D eigenvalue weighted by Crippen LogP contribution is 2.30. The van der Waals surface area contributed by atoms with Gasteiger partial charge in [-0.15, -0.1) is 0 Å². The minimum Gasteiger partial charge on any atom is -0.478 e. The van der Waals surface area contributed by atoms with Gasteiger partial charge in [-0.1, -0.05) is 24.3 Å². The molecule has 0 fully saturated rings. The molecule has 0 spiro atoms. The van der Waals surface area contributed by atoms with Crippen LogP contribution >= 0.6 is 0 Å². The molecule has 2 rings (SSSR count). The zero-order chi connectivity index (χ0) is 14.0. The predicted octanol–water partition coefficient (Wildman–Crippen LogP) is 3.43. The number of aryl methyl sites for hydroxylation is 1. The highest BCUT2D eigenvalue weighted by atomic mass is 16.4. The number of hydrogen-bond donors (Lipinski definition) is 1. The van der Waals surface area contributed by atoms with Gasteiger partial charge in [0.05, 0.1) is 5.56 Å². The Morgan fingerprint density at radius 3 is 2.32 bits per heavy atom. The molecular weight excluding hydrogens is 238 g/mol. The van der Waals surface area contributed by atoms with Crippen LogP contribution in [-0.2, 0) is 0 Å². The van der Waals surface area contributed by atoms with E-state index in [4.69, 9.17) is 0 Å². The van der Waals surface area contributed by atoms with Crippen LogP contribution < -0.4 is 4.90 Å². The number of rotatable bonds is 3. The van der Waals surface area contributed by atoms with Crippen LogP contribution in [0.2, 0.25) is 0 Å². The second-order valence-corrected chi connectivity index (χ2v) is 4.74. The van der Waals surface area contributed by atoms with Crippen molar-refractivity contribution in [2.75, 3.05) is 19.0 Å². The Kier molecular flexibility index (Phi) is 3.56. The fraction of sp³-hybridized carbons (Fsp3) is 0.188. The maximum Gasteiger partial charge on any atom is 0.336 e. The van der Waals surface area contributed by atoms with Crippen molar-refractivity contribution in [2.24, 2.45) is 0 Å². The molecule has 0 saturated carbocycles. The van der Waals surface area contributed by atoms with E-state index >= 15 is 0 Å². The molecule has 0 atom stereocenters. The molecular formula is C16H17NO2. The summed E-state index contributed by atoms with van der Waals surface area (Å²) < 4.78 is 0. The van der Waals surface area contributed by atoms with Crippen molar-refractivity contribution in [3.63, 3.8) is 0 Å². The smallest absolute Gasteiger partial charge is 0.336 e. The van der Waals surface area contributed by atoms with Gasteiger partial charge in [-0.25, -0.2) is 4.79 Å². The van der Waals surface area contributed by atoms with Crippen LogP contribution in [0.15, 0.2) is 42.5 Å². The maximum absolute atomic E-state index is 11.4. The molecule has 0 saturated heterocycles. The maximum atomic E-state index is 11.4. The fourth-order valence-corrected chi connectivity index (χ4v) is 2.09. The van der Waals surface area contributed by atoms with Gasteiger partial charge >= 0.3 is 5.97 Å². The highest BCUT2D eigenvalue weighted by Gasteiger charge is 2.14. The van der Waals surface area contributed by atoms with Crippen LogP contribution in [-0.4, -0.2) is 25.2 Å². The van der Waals surface area contributed by atoms with Crippen LogP contribution in [0.4, 0.5) is 5.69 Å². The van der Waals surface area contributed by atoms with Crippen LogP contribution in [0, 0.1) is 6.92 Å². The Hall–Kier alpha value is -2.29. The van der Waals surface area contributed by atoms with Crippen LogP contribution in [0.1, 0.15) is 15.9 Å². The molecule has 0 bridgehead atoms. The lowest BCUT2D eigenvalue weighted by atomic mass is 9.95. The standard InChI is InChI=1S/C16H17NO2/c1-11-6-4-5-7-13(11)15-10-12(17(2)3)8-9-14(15)16(18)19/h4-10H,1-3H3,(H,18,19). The summed E-state index contributed by atoms with van der Waals surface area (Å²) in [6, 6.07) is 13.2. The second-order valence-electron chi connectivity index (χ2n) is 4.74. The molecule has 2 aromatic rings. The lowest BCUT2D eigenvalue weighted by Crippen LogP contribution is -2.10. The number of carbonyl (C=O) groups is 1. The first-order valence-corrected chi connectivity index (χ1v) is 6.11. The summed E-state index contributed by atoms with van der Waals surface area (Å²) in [4.78, 5) is 13.3. The number of nitrogens with zero attached hydrogens (tertiary/aromatic N) is 1. The Labute approximate surface area is 113 Å². The summed E-state index contributed by atoms with van der Waals surface area (Å²) in [6.07, 6.45) is 0. The van der Waals surface area contributed by atoms with Crippen molar-refractivity contribution in [3.8, 4) is 11.1 Å². The number of hydrogen-bond acceptors (Lipinski definition) is 2. The van der Waals surface area contributed by atoms with E-state index in [0.29, 0.717) is 5.56 Å². The first kappa shape index (κ1) is 13.1. The first-order valence-electron chi connectivity index (χ1n) is 6.11. The average Bonchev–Trinajstić information content (AvgIpc) is 2.38. The predicted molar refractivity (Wildman–Crippen MR) is 77.9 cm³/mol. The van der Waals surface area contributed by atoms with Crippen LogP contribution in [0.3, 0.4) is 0 Å². The molecule has 19 heavy (non-hydrogen) atoms. The second kappa shape index (κ2) is 5.14. The van der Waals surface area contributed by atoms with Crippen molar-refractivity contribution >= 4 is 11.7 Å². The molecule has 98 valence electrons. The average molecular weight is 255 g/mol. The van der Waals surface area contributed by atoms with Gasteiger partial charge in [-0.05, 0) is 41.8 Å². The van der Waals surface area contributed by atoms with E-state index in [1.807, 2.05) is 62.3 Å². The van der Waals surface area contributed by atoms with E-state index in [-0.39, 0.29) is 0 Å². The molecule has 0 aliphatic carbocycles. The van der Waals surface area contributed by atoms with E-state index in [0.717, 1.165) is 22.4 Å². The number of anilines is 1. The molecule has 0 heterocycles. The van der Waals surface area contributed by atoms with Crippen molar-refractivity contribution in [3.05, 3.63) is 53.6 Å². The van der Waals surface area contributed by atoms with Gasteiger partial charge in [-0.2, -0.15) is 0 Å². The number of carboxylic acid groups (broad SMARTS) is 1. The van der Waals surface area contributed by atoms with E-state index in [2.05, 4.69) is 0 Å². The minimum atomic E-state index is -0.899. The summed E-state index contributed by atoms with van der Waals surface area (Å²) >= 11 is 0. The number of benzene rings is 2. The number of aromatic carboxylic acids is 1. The Balaban J connectivity index is 2.68. The third-order valence-corrected chi connectivity index (χ3v) is 3.19. The van der Waals surface area contributed by atoms with E-state index in [9.17, 15) is 9.90 Å². The molecule has 3 heteroatoms. The van der Waals surface area contributed by atoms with Gasteiger partial charge in [0.1, 0.15) is 0 Å². The molecule has 0 aliphatic heterocycles. The van der Waals surface area contributed by atoms with Gasteiger partial charge < -0.3 is 10.0 Å². The van der Waals surface area contributed by atoms with E-state index in [1.54, 1.807) is 6.07 Å². The quantitative estimate of drug-likeness (QED) is 0.913. The molecule has 2 aromatic carbocycles. The fourth-order valence-electron chi connectivity index (χ4n) is 2.09. The molecule has 0 unspecified atom stereocenters. The zero-order valence-corrected chi connectivity index (χ0v) is 11.3. The van der Waals surface area contributed by atoms with Crippen molar-refractivity contribution in [1.29, 1.82) is 0 Å². The molecule has 0 amide bonds. The van der Waals surface area contributed by atoms with Crippen LogP contribution in [0.5, 0.6) is 0 Å². The van der Waals surface area contributed by atoms with Gasteiger partial charge in [0.25, 0.3) is 0 Å². The SMILES string of the molecule is Cc1ccccc1-c1cc(N(C)C)ccc1C(=O)O. The van der Waals surface area contributed by atoms with Crippen molar-refractivity contribution in [2.45, 2.75) is 6.92 Å². The molecule has 0 aromatic heterocycles. The third kappa shape index (κ3) is 2.60. The highest BCUT2D eigenvalue weighted by molar-refractivity contribution is 5.97. The minimum absolute atomic E-state index is 0.333. The monoisotopic (exact) mass is 255 g/mol. The summed E-state index contributed by atoms with van der Waals surface area (Å²) in [6.45, 7) is 1.99. The van der Waals surface area contributed by atoms with Gasteiger partial charge in [-0.3, -0.25) is 0 Å². The van der Waals surface area contributed by atoms with Crippen molar-refractivity contribution in [1.82, 2.24) is 0 Å². The van der Waals surface area contributed by atoms with Gasteiger partial charge in [0.2, 0.25) is 0 Å². The third-order valence-electron chi connectivity index (χ3n) is 3.19. The summed E-state index contributed by atoms with van der Waals surface area (Å²) in [5.41, 5.74) is 4.12. The lowest BCUT2D eigenvalue weighted by Gasteiger charge is -2.16. The Morgan fingerprint density at radius 2 is 1.74 bits per heavy atom. The van der Waals surface area contributed by atoms with Crippen LogP contribution in [0.25, 0.3) is 11.1 Å². The zero-order valence-electron chi connectivity index (χ0n) is 11.3. The lowest BCUT2D eigenvalue weighted by molar-refractivity contribution is 0.0698. The number of carboxylic acids is 1. The van der Waals surface area contributed by atoms with Gasteiger partial charge in [0.15, 0.2) is 0 Å². The molecule has 0 radical (unpaired) electrons. The normalized spacial score (nSPS) is 10.3. The Bertz CT molecular complexity index is 618. The summed E-state index contributed by atoms with van der Waals surface area (Å²) in [5, 5.41) is 9.33. The van der Waals surface area contributed by atoms with Gasteiger partial charge in [0, 0.05) is 19.8 Å². The summed E-state index contributed by atoms with van der Waals surface area (Å²) in [7, 11) is 3.88. The first-order chi connectivity index (χ1) is 9.00. The molecule has 1 N–H and O–H groups in total. The molecule has 0 aliphatic rings. The Morgan fingerprint density at radius 1 is 1.05 bits per heavy atom. The summed E-state index contributed by atoms with van der Waals surface area (Å²) in [5.74, 6) is -0.899.